The molecule has 1 aromatic carbocycles. The minimum atomic E-state index is -2.89. The van der Waals surface area contributed by atoms with E-state index in [9.17, 15) is 18.4 Å². The van der Waals surface area contributed by atoms with Crippen molar-refractivity contribution in [3.63, 3.8) is 0 Å². The number of halogens is 2. The number of alkyl halides is 2. The smallest absolute Gasteiger partial charge is 0.387 e. The zero-order chi connectivity index (χ0) is 18.3. The molecular weight excluding hydrogens is 340 g/mol. The highest BCUT2D eigenvalue weighted by molar-refractivity contribution is 6.01. The number of nitrogens with one attached hydrogen (secondary N) is 1. The van der Waals surface area contributed by atoms with E-state index in [0.29, 0.717) is 24.8 Å². The number of ketones is 2. The number of allylic oxidation sites excluding steroid dienone is 4. The monoisotopic (exact) mass is 359 g/mol. The molecule has 4 nitrogen and oxygen atoms in total. The molecule has 3 aliphatic rings. The normalized spacial score (nSPS) is 25.4. The van der Waals surface area contributed by atoms with Crippen molar-refractivity contribution in [2.75, 3.05) is 0 Å². The Morgan fingerprint density at radius 2 is 1.81 bits per heavy atom. The van der Waals surface area contributed by atoms with Gasteiger partial charge in [-0.2, -0.15) is 8.78 Å². The van der Waals surface area contributed by atoms with Crippen LogP contribution in [0.5, 0.6) is 5.75 Å². The summed E-state index contributed by atoms with van der Waals surface area (Å²) in [6, 6.07) is 6.29. The molecule has 0 aromatic heterocycles. The van der Waals surface area contributed by atoms with Crippen molar-refractivity contribution in [2.45, 2.75) is 44.6 Å². The van der Waals surface area contributed by atoms with Crippen LogP contribution in [0.1, 0.15) is 43.6 Å². The fourth-order valence-electron chi connectivity index (χ4n) is 4.23. The molecule has 0 saturated heterocycles. The Balaban J connectivity index is 1.79. The first-order valence-electron chi connectivity index (χ1n) is 8.85. The predicted octanol–water partition coefficient (Wildman–Crippen LogP) is 3.84. The SMILES string of the molecule is O=C1CCCC2=C1C(c1ccc(OC(F)F)cc1)C1C(=O)CCC=C1N2. The minimum absolute atomic E-state index is 0.0626. The van der Waals surface area contributed by atoms with E-state index in [2.05, 4.69) is 10.1 Å². The minimum Gasteiger partial charge on any atom is -0.435 e. The molecule has 1 N–H and O–H groups in total. The average molecular weight is 359 g/mol. The molecule has 2 aliphatic carbocycles. The van der Waals surface area contributed by atoms with E-state index >= 15 is 0 Å². The van der Waals surface area contributed by atoms with Crippen molar-refractivity contribution < 1.29 is 23.1 Å². The fraction of sp³-hybridized carbons (Fsp3) is 0.400. The summed E-state index contributed by atoms with van der Waals surface area (Å²) in [5, 5.41) is 3.33. The highest BCUT2D eigenvalue weighted by Crippen LogP contribution is 2.46. The van der Waals surface area contributed by atoms with Gasteiger partial charge in [0.15, 0.2) is 5.78 Å². The third kappa shape index (κ3) is 2.93. The van der Waals surface area contributed by atoms with E-state index in [0.717, 1.165) is 29.8 Å². The molecule has 1 aromatic rings. The lowest BCUT2D eigenvalue weighted by molar-refractivity contribution is -0.123. The van der Waals surface area contributed by atoms with Crippen LogP contribution in [0.4, 0.5) is 8.78 Å². The summed E-state index contributed by atoms with van der Waals surface area (Å²) in [6.07, 6.45) is 5.24. The Kier molecular flexibility index (Phi) is 4.34. The zero-order valence-electron chi connectivity index (χ0n) is 14.1. The number of carbonyl (C=O) groups is 2. The highest BCUT2D eigenvalue weighted by Gasteiger charge is 2.44. The summed E-state index contributed by atoms with van der Waals surface area (Å²) in [5.74, 6) is -0.537. The molecule has 0 fully saturated rings. The Morgan fingerprint density at radius 1 is 1.04 bits per heavy atom. The lowest BCUT2D eigenvalue weighted by Crippen LogP contribution is -2.42. The number of rotatable bonds is 3. The second-order valence-corrected chi connectivity index (χ2v) is 6.86. The van der Waals surface area contributed by atoms with Crippen LogP contribution < -0.4 is 10.1 Å². The molecule has 26 heavy (non-hydrogen) atoms. The van der Waals surface area contributed by atoms with E-state index in [4.69, 9.17) is 0 Å². The standard InChI is InChI=1S/C20H19F2NO3/c21-20(22)26-12-9-7-11(8-10-12)17-18-13(3-1-5-15(18)24)23-14-4-2-6-16(25)19(14)17/h3,7-10,17-18,20,23H,1-2,4-6H2. The molecule has 136 valence electrons. The molecule has 4 rings (SSSR count). The van der Waals surface area contributed by atoms with Crippen molar-refractivity contribution in [3.05, 3.63) is 52.9 Å². The largest absolute Gasteiger partial charge is 0.435 e. The fourth-order valence-corrected chi connectivity index (χ4v) is 4.23. The van der Waals surface area contributed by atoms with Crippen molar-refractivity contribution in [1.29, 1.82) is 0 Å². The topological polar surface area (TPSA) is 55.4 Å². The van der Waals surface area contributed by atoms with Gasteiger partial charge in [0.25, 0.3) is 0 Å². The third-order valence-electron chi connectivity index (χ3n) is 5.30. The maximum atomic E-state index is 12.7. The summed E-state index contributed by atoms with van der Waals surface area (Å²) in [4.78, 5) is 25.3. The Morgan fingerprint density at radius 3 is 2.54 bits per heavy atom. The molecule has 0 amide bonds. The second kappa shape index (κ2) is 6.67. The number of fused-ring (bicyclic) bond motifs is 1. The number of ether oxygens (including phenoxy) is 1. The van der Waals surface area contributed by atoms with Gasteiger partial charge in [-0.3, -0.25) is 9.59 Å². The van der Waals surface area contributed by atoms with Gasteiger partial charge in [-0.15, -0.1) is 0 Å². The quantitative estimate of drug-likeness (QED) is 0.891. The molecule has 2 unspecified atom stereocenters. The summed E-state index contributed by atoms with van der Waals surface area (Å²) < 4.78 is 29.2. The summed E-state index contributed by atoms with van der Waals surface area (Å²) in [5.41, 5.74) is 3.22. The highest BCUT2D eigenvalue weighted by atomic mass is 19.3. The van der Waals surface area contributed by atoms with Crippen LogP contribution in [0.3, 0.4) is 0 Å². The van der Waals surface area contributed by atoms with E-state index < -0.39 is 12.5 Å². The van der Waals surface area contributed by atoms with Gasteiger partial charge in [0.05, 0.1) is 5.92 Å². The van der Waals surface area contributed by atoms with Crippen LogP contribution in [-0.2, 0) is 9.59 Å². The molecule has 1 heterocycles. The van der Waals surface area contributed by atoms with Crippen molar-refractivity contribution in [2.24, 2.45) is 5.92 Å². The third-order valence-corrected chi connectivity index (χ3v) is 5.30. The van der Waals surface area contributed by atoms with Crippen LogP contribution in [0, 0.1) is 5.92 Å². The van der Waals surface area contributed by atoms with Crippen molar-refractivity contribution >= 4 is 11.6 Å². The van der Waals surface area contributed by atoms with Crippen LogP contribution in [-0.4, -0.2) is 18.2 Å². The number of benzene rings is 1. The van der Waals surface area contributed by atoms with Gasteiger partial charge in [-0.1, -0.05) is 18.2 Å². The molecule has 0 spiro atoms. The van der Waals surface area contributed by atoms with Crippen LogP contribution in [0.25, 0.3) is 0 Å². The van der Waals surface area contributed by atoms with Gasteiger partial charge in [0.1, 0.15) is 11.5 Å². The first kappa shape index (κ1) is 16.9. The summed E-state index contributed by atoms with van der Waals surface area (Å²) in [6.45, 7) is -2.89. The molecule has 0 saturated carbocycles. The Bertz CT molecular complexity index is 811. The van der Waals surface area contributed by atoms with E-state index in [1.807, 2.05) is 6.08 Å². The predicted molar refractivity (Wildman–Crippen MR) is 90.6 cm³/mol. The first-order valence-corrected chi connectivity index (χ1v) is 8.85. The molecule has 0 bridgehead atoms. The van der Waals surface area contributed by atoms with E-state index in [1.54, 1.807) is 12.1 Å². The second-order valence-electron chi connectivity index (χ2n) is 6.86. The molecule has 2 atom stereocenters. The number of hydrogen-bond donors (Lipinski definition) is 1. The maximum absolute atomic E-state index is 12.7. The summed E-state index contributed by atoms with van der Waals surface area (Å²) >= 11 is 0. The van der Waals surface area contributed by atoms with Gasteiger partial charge in [-0.05, 0) is 37.0 Å². The molecule has 6 heteroatoms. The van der Waals surface area contributed by atoms with Gasteiger partial charge in [0, 0.05) is 35.7 Å². The number of carbonyl (C=O) groups excluding carboxylic acids is 2. The average Bonchev–Trinajstić information content (AvgIpc) is 2.61. The molecular formula is C20H19F2NO3. The molecule has 1 aliphatic heterocycles. The zero-order valence-corrected chi connectivity index (χ0v) is 14.1. The number of hydrogen-bond acceptors (Lipinski definition) is 4. The van der Waals surface area contributed by atoms with Crippen LogP contribution in [0.15, 0.2) is 47.3 Å². The lowest BCUT2D eigenvalue weighted by atomic mass is 9.68. The van der Waals surface area contributed by atoms with E-state index in [1.165, 1.54) is 12.1 Å². The van der Waals surface area contributed by atoms with Gasteiger partial charge in [-0.25, -0.2) is 0 Å². The van der Waals surface area contributed by atoms with Crippen molar-refractivity contribution in [1.82, 2.24) is 5.32 Å². The summed E-state index contributed by atoms with van der Waals surface area (Å²) in [7, 11) is 0. The number of Topliss-reactive ketones (excluding diaryl/α,β-unsaturated/α-hetero) is 2. The Labute approximate surface area is 149 Å². The lowest BCUT2D eigenvalue weighted by Gasteiger charge is -2.40. The van der Waals surface area contributed by atoms with E-state index in [-0.39, 0.29) is 23.2 Å². The van der Waals surface area contributed by atoms with Gasteiger partial charge >= 0.3 is 6.61 Å². The molecule has 0 radical (unpaired) electrons. The Hall–Kier alpha value is -2.50. The van der Waals surface area contributed by atoms with Crippen molar-refractivity contribution in [3.8, 4) is 5.75 Å². The van der Waals surface area contributed by atoms with Crippen LogP contribution in [0.2, 0.25) is 0 Å². The van der Waals surface area contributed by atoms with Gasteiger partial charge < -0.3 is 10.1 Å². The first-order chi connectivity index (χ1) is 12.5. The van der Waals surface area contributed by atoms with Gasteiger partial charge in [0.2, 0.25) is 0 Å². The van der Waals surface area contributed by atoms with Crippen LogP contribution >= 0.6 is 0 Å². The maximum Gasteiger partial charge on any atom is 0.387 e.